The molecule has 1 aromatic carbocycles. The molecule has 0 heterocycles. The summed E-state index contributed by atoms with van der Waals surface area (Å²) in [5.74, 6) is -1.73. The number of esters is 1. The second-order valence-electron chi connectivity index (χ2n) is 5.53. The van der Waals surface area contributed by atoms with E-state index in [0.29, 0.717) is 0 Å². The van der Waals surface area contributed by atoms with Crippen LogP contribution in [0.4, 0.5) is 4.39 Å². The van der Waals surface area contributed by atoms with Crippen molar-refractivity contribution in [2.24, 2.45) is 0 Å². The first-order valence-corrected chi connectivity index (χ1v) is 11.9. The number of carbonyl (C=O) groups excluding carboxylic acids is 1. The van der Waals surface area contributed by atoms with Crippen LogP contribution in [0.2, 0.25) is 25.7 Å². The molecule has 0 unspecified atom stereocenters. The minimum atomic E-state index is -4.01. The Hall–Kier alpha value is -0.923. The zero-order chi connectivity index (χ0) is 15.6. The number of rotatable bonds is 5. The number of hydrogen-bond donors (Lipinski definition) is 0. The summed E-state index contributed by atoms with van der Waals surface area (Å²) in [4.78, 5) is 11.4. The van der Waals surface area contributed by atoms with Gasteiger partial charge in [0, 0.05) is 18.8 Å². The molecule has 0 saturated heterocycles. The van der Waals surface area contributed by atoms with Gasteiger partial charge in [-0.25, -0.2) is 17.6 Å². The third-order valence-electron chi connectivity index (χ3n) is 2.52. The molecule has 0 aliphatic carbocycles. The van der Waals surface area contributed by atoms with Gasteiger partial charge in [0.15, 0.2) is 0 Å². The summed E-state index contributed by atoms with van der Waals surface area (Å²) >= 11 is 0. The van der Waals surface area contributed by atoms with Crippen LogP contribution in [0, 0.1) is 5.82 Å². The van der Waals surface area contributed by atoms with E-state index in [-0.39, 0.29) is 11.5 Å². The lowest BCUT2D eigenvalue weighted by Gasteiger charge is -2.15. The highest BCUT2D eigenvalue weighted by Crippen LogP contribution is 2.19. The van der Waals surface area contributed by atoms with Crippen LogP contribution in [0.1, 0.15) is 10.4 Å². The van der Waals surface area contributed by atoms with Crippen LogP contribution in [0.15, 0.2) is 23.1 Å². The molecule has 1 rings (SSSR count). The van der Waals surface area contributed by atoms with Gasteiger partial charge in [0.05, 0.1) is 17.1 Å². The molecule has 0 aromatic heterocycles. The lowest BCUT2D eigenvalue weighted by Crippen LogP contribution is -2.23. The summed E-state index contributed by atoms with van der Waals surface area (Å²) in [5, 5.41) is 0. The molecule has 8 heteroatoms. The Morgan fingerprint density at radius 2 is 1.95 bits per heavy atom. The molecule has 4 nitrogen and oxygen atoms in total. The highest BCUT2D eigenvalue weighted by atomic mass is 35.7. The number of halogens is 2. The van der Waals surface area contributed by atoms with E-state index < -0.39 is 34.5 Å². The van der Waals surface area contributed by atoms with Gasteiger partial charge < -0.3 is 4.74 Å². The SMILES string of the molecule is C[Si](C)(C)CCOC(=O)c1cc(S(=O)(=O)Cl)ccc1F. The number of carbonyl (C=O) groups is 1. The molecular weight excluding hydrogens is 323 g/mol. The molecule has 0 atom stereocenters. The molecule has 0 fully saturated rings. The summed E-state index contributed by atoms with van der Waals surface area (Å²) < 4.78 is 40.8. The topological polar surface area (TPSA) is 60.4 Å². The van der Waals surface area contributed by atoms with Crippen molar-refractivity contribution in [3.8, 4) is 0 Å². The minimum Gasteiger partial charge on any atom is -0.462 e. The molecule has 0 amide bonds. The first-order valence-electron chi connectivity index (χ1n) is 5.92. The highest BCUT2D eigenvalue weighted by molar-refractivity contribution is 8.13. The van der Waals surface area contributed by atoms with Crippen molar-refractivity contribution in [2.45, 2.75) is 30.6 Å². The van der Waals surface area contributed by atoms with E-state index >= 15 is 0 Å². The summed E-state index contributed by atoms with van der Waals surface area (Å²) in [7, 11) is -0.227. The average molecular weight is 339 g/mol. The van der Waals surface area contributed by atoms with Gasteiger partial charge in [0.2, 0.25) is 0 Å². The van der Waals surface area contributed by atoms with Crippen molar-refractivity contribution in [3.05, 3.63) is 29.6 Å². The van der Waals surface area contributed by atoms with E-state index in [1.54, 1.807) is 0 Å². The largest absolute Gasteiger partial charge is 0.462 e. The van der Waals surface area contributed by atoms with Gasteiger partial charge in [-0.05, 0) is 24.2 Å². The Kier molecular flexibility index (Phi) is 5.34. The van der Waals surface area contributed by atoms with Crippen molar-refractivity contribution in [1.29, 1.82) is 0 Å². The first kappa shape index (κ1) is 17.1. The molecule has 0 bridgehead atoms. The molecule has 0 N–H and O–H groups in total. The fraction of sp³-hybridized carbons (Fsp3) is 0.417. The van der Waals surface area contributed by atoms with Gasteiger partial charge in [-0.3, -0.25) is 0 Å². The number of benzene rings is 1. The van der Waals surface area contributed by atoms with Crippen molar-refractivity contribution < 1.29 is 22.3 Å². The molecule has 20 heavy (non-hydrogen) atoms. The van der Waals surface area contributed by atoms with Crippen LogP contribution < -0.4 is 0 Å². The average Bonchev–Trinajstić information content (AvgIpc) is 2.25. The number of hydrogen-bond acceptors (Lipinski definition) is 4. The van der Waals surface area contributed by atoms with Gasteiger partial charge in [0.25, 0.3) is 9.05 Å². The molecular formula is C12H16ClFO4SSi. The normalized spacial score (nSPS) is 12.2. The van der Waals surface area contributed by atoms with Crippen LogP contribution in [0.5, 0.6) is 0 Å². The van der Waals surface area contributed by atoms with E-state index in [0.717, 1.165) is 24.2 Å². The van der Waals surface area contributed by atoms with Gasteiger partial charge in [-0.15, -0.1) is 0 Å². The van der Waals surface area contributed by atoms with Crippen molar-refractivity contribution in [2.75, 3.05) is 6.61 Å². The molecule has 0 spiro atoms. The fourth-order valence-electron chi connectivity index (χ4n) is 1.34. The van der Waals surface area contributed by atoms with Gasteiger partial charge >= 0.3 is 5.97 Å². The molecule has 0 aliphatic rings. The molecule has 0 aliphatic heterocycles. The Morgan fingerprint density at radius 3 is 2.45 bits per heavy atom. The summed E-state index contributed by atoms with van der Waals surface area (Å²) in [6.07, 6.45) is 0. The molecule has 1 aromatic rings. The van der Waals surface area contributed by atoms with E-state index in [9.17, 15) is 17.6 Å². The van der Waals surface area contributed by atoms with Crippen molar-refractivity contribution in [1.82, 2.24) is 0 Å². The molecule has 0 saturated carbocycles. The second kappa shape index (κ2) is 6.24. The van der Waals surface area contributed by atoms with E-state index in [4.69, 9.17) is 15.4 Å². The van der Waals surface area contributed by atoms with Gasteiger partial charge in [-0.2, -0.15) is 0 Å². The lowest BCUT2D eigenvalue weighted by molar-refractivity contribution is 0.0519. The third kappa shape index (κ3) is 5.22. The van der Waals surface area contributed by atoms with Crippen LogP contribution in [-0.4, -0.2) is 29.1 Å². The minimum absolute atomic E-state index is 0.186. The smallest absolute Gasteiger partial charge is 0.341 e. The highest BCUT2D eigenvalue weighted by Gasteiger charge is 2.20. The molecule has 0 radical (unpaired) electrons. The predicted molar refractivity (Wildman–Crippen MR) is 77.9 cm³/mol. The second-order valence-corrected chi connectivity index (χ2v) is 13.7. The van der Waals surface area contributed by atoms with Crippen LogP contribution >= 0.6 is 10.7 Å². The van der Waals surface area contributed by atoms with Crippen molar-refractivity contribution in [3.63, 3.8) is 0 Å². The Balaban J connectivity index is 2.88. The van der Waals surface area contributed by atoms with Crippen LogP contribution in [-0.2, 0) is 13.8 Å². The summed E-state index contributed by atoms with van der Waals surface area (Å²) in [6, 6.07) is 3.50. The Morgan fingerprint density at radius 1 is 1.35 bits per heavy atom. The maximum Gasteiger partial charge on any atom is 0.341 e. The fourth-order valence-corrected chi connectivity index (χ4v) is 2.83. The maximum atomic E-state index is 13.5. The van der Waals surface area contributed by atoms with Gasteiger partial charge in [0.1, 0.15) is 5.82 Å². The monoisotopic (exact) mass is 338 g/mol. The standard InChI is InChI=1S/C12H16ClFO4SSi/c1-20(2,3)7-6-18-12(15)10-8-9(19(13,16)17)4-5-11(10)14/h4-5,8H,6-7H2,1-3H3. The first-order chi connectivity index (χ1) is 9.00. The van der Waals surface area contributed by atoms with E-state index in [2.05, 4.69) is 19.6 Å². The number of ether oxygens (including phenoxy) is 1. The third-order valence-corrected chi connectivity index (χ3v) is 5.58. The Labute approximate surface area is 123 Å². The molecule has 112 valence electrons. The maximum absolute atomic E-state index is 13.5. The summed E-state index contributed by atoms with van der Waals surface area (Å²) in [6.45, 7) is 6.53. The zero-order valence-electron chi connectivity index (χ0n) is 11.4. The summed E-state index contributed by atoms with van der Waals surface area (Å²) in [5.41, 5.74) is -0.428. The van der Waals surface area contributed by atoms with Gasteiger partial charge in [-0.1, -0.05) is 19.6 Å². The predicted octanol–water partition coefficient (Wildman–Crippen LogP) is 3.25. The van der Waals surface area contributed by atoms with E-state index in [1.165, 1.54) is 0 Å². The van der Waals surface area contributed by atoms with Crippen molar-refractivity contribution >= 4 is 33.8 Å². The quantitative estimate of drug-likeness (QED) is 0.469. The van der Waals surface area contributed by atoms with Crippen LogP contribution in [0.25, 0.3) is 0 Å². The Bertz CT molecular complexity index is 610. The van der Waals surface area contributed by atoms with E-state index in [1.807, 2.05) is 0 Å². The lowest BCUT2D eigenvalue weighted by atomic mass is 10.2. The zero-order valence-corrected chi connectivity index (χ0v) is 14.0. The van der Waals surface area contributed by atoms with Crippen LogP contribution in [0.3, 0.4) is 0 Å².